The van der Waals surface area contributed by atoms with E-state index in [0.29, 0.717) is 11.5 Å². The summed E-state index contributed by atoms with van der Waals surface area (Å²) in [6.45, 7) is 0. The molecule has 4 rings (SSSR count). The molecule has 2 N–H and O–H groups in total. The van der Waals surface area contributed by atoms with Crippen molar-refractivity contribution in [3.63, 3.8) is 0 Å². The summed E-state index contributed by atoms with van der Waals surface area (Å²) in [5, 5.41) is 17.5. The van der Waals surface area contributed by atoms with E-state index in [1.54, 1.807) is 41.3 Å². The van der Waals surface area contributed by atoms with E-state index in [-0.39, 0.29) is 5.75 Å². The third kappa shape index (κ3) is 2.46. The molecule has 0 saturated heterocycles. The normalized spacial score (nSPS) is 10.8. The van der Waals surface area contributed by atoms with Crippen LogP contribution in [0.25, 0.3) is 16.9 Å². The highest BCUT2D eigenvalue weighted by Crippen LogP contribution is 2.26. The first-order valence-electron chi connectivity index (χ1n) is 7.11. The van der Waals surface area contributed by atoms with Crippen molar-refractivity contribution >= 4 is 17.2 Å². The molecular formula is C17H13N5O. The van der Waals surface area contributed by atoms with Gasteiger partial charge in [0.15, 0.2) is 11.5 Å². The minimum absolute atomic E-state index is 0.175. The maximum absolute atomic E-state index is 9.86. The van der Waals surface area contributed by atoms with E-state index >= 15 is 0 Å². The van der Waals surface area contributed by atoms with Gasteiger partial charge in [-0.3, -0.25) is 4.98 Å². The SMILES string of the molecule is Oc1ccccc1Nc1ccc2ncc(-c3ccncc3)n2n1. The van der Waals surface area contributed by atoms with Gasteiger partial charge in [0, 0.05) is 18.0 Å². The summed E-state index contributed by atoms with van der Waals surface area (Å²) in [7, 11) is 0. The molecule has 0 unspecified atom stereocenters. The average Bonchev–Trinajstić information content (AvgIpc) is 3.01. The predicted octanol–water partition coefficient (Wildman–Crippen LogP) is 3.24. The molecule has 23 heavy (non-hydrogen) atoms. The monoisotopic (exact) mass is 303 g/mol. The molecule has 6 heteroatoms. The van der Waals surface area contributed by atoms with Crippen LogP contribution in [0.1, 0.15) is 0 Å². The van der Waals surface area contributed by atoms with Crippen LogP contribution in [0.2, 0.25) is 0 Å². The van der Waals surface area contributed by atoms with E-state index in [1.807, 2.05) is 30.3 Å². The van der Waals surface area contributed by atoms with Crippen LogP contribution < -0.4 is 5.32 Å². The smallest absolute Gasteiger partial charge is 0.154 e. The number of phenols is 1. The summed E-state index contributed by atoms with van der Waals surface area (Å²) >= 11 is 0. The summed E-state index contributed by atoms with van der Waals surface area (Å²) in [6, 6.07) is 14.6. The Hall–Kier alpha value is -3.41. The van der Waals surface area contributed by atoms with Crippen molar-refractivity contribution in [1.29, 1.82) is 0 Å². The second-order valence-corrected chi connectivity index (χ2v) is 5.01. The van der Waals surface area contributed by atoms with Gasteiger partial charge in [-0.2, -0.15) is 0 Å². The Labute approximate surface area is 132 Å². The lowest BCUT2D eigenvalue weighted by Crippen LogP contribution is -2.00. The minimum atomic E-state index is 0.175. The fourth-order valence-corrected chi connectivity index (χ4v) is 2.38. The summed E-state index contributed by atoms with van der Waals surface area (Å²) in [5.74, 6) is 0.793. The Bertz CT molecular complexity index is 965. The van der Waals surface area contributed by atoms with Crippen LogP contribution in [0.3, 0.4) is 0 Å². The fraction of sp³-hybridized carbons (Fsp3) is 0. The highest BCUT2D eigenvalue weighted by atomic mass is 16.3. The molecule has 4 aromatic rings. The maximum Gasteiger partial charge on any atom is 0.154 e. The molecule has 0 aliphatic carbocycles. The Kier molecular flexibility index (Phi) is 3.12. The van der Waals surface area contributed by atoms with Crippen molar-refractivity contribution in [3.05, 3.63) is 67.1 Å². The molecule has 0 aliphatic heterocycles. The number of para-hydroxylation sites is 2. The first-order chi connectivity index (χ1) is 11.3. The molecule has 0 amide bonds. The quantitative estimate of drug-likeness (QED) is 0.568. The van der Waals surface area contributed by atoms with Gasteiger partial charge < -0.3 is 10.4 Å². The summed E-state index contributed by atoms with van der Waals surface area (Å²) < 4.78 is 1.76. The number of imidazole rings is 1. The predicted molar refractivity (Wildman–Crippen MR) is 87.6 cm³/mol. The van der Waals surface area contributed by atoms with E-state index in [4.69, 9.17) is 0 Å². The number of nitrogens with zero attached hydrogens (tertiary/aromatic N) is 4. The largest absolute Gasteiger partial charge is 0.506 e. The van der Waals surface area contributed by atoms with Crippen LogP contribution in [-0.4, -0.2) is 24.7 Å². The number of anilines is 2. The molecule has 1 aromatic carbocycles. The average molecular weight is 303 g/mol. The molecule has 0 fully saturated rings. The van der Waals surface area contributed by atoms with Crippen molar-refractivity contribution in [2.24, 2.45) is 0 Å². The van der Waals surface area contributed by atoms with Crippen LogP contribution in [0.5, 0.6) is 5.75 Å². The van der Waals surface area contributed by atoms with Crippen LogP contribution in [0.15, 0.2) is 67.1 Å². The number of benzene rings is 1. The molecule has 0 spiro atoms. The summed E-state index contributed by atoms with van der Waals surface area (Å²) in [6.07, 6.45) is 5.25. The number of nitrogens with one attached hydrogen (secondary N) is 1. The number of aromatic nitrogens is 4. The first kappa shape index (κ1) is 13.3. The van der Waals surface area contributed by atoms with E-state index in [2.05, 4.69) is 20.4 Å². The first-order valence-corrected chi connectivity index (χ1v) is 7.11. The zero-order chi connectivity index (χ0) is 15.6. The van der Waals surface area contributed by atoms with Crippen molar-refractivity contribution in [2.75, 3.05) is 5.32 Å². The minimum Gasteiger partial charge on any atom is -0.506 e. The van der Waals surface area contributed by atoms with Crippen molar-refractivity contribution in [1.82, 2.24) is 19.6 Å². The lowest BCUT2D eigenvalue weighted by molar-refractivity contribution is 0.477. The second kappa shape index (κ2) is 5.42. The molecule has 0 bridgehead atoms. The van der Waals surface area contributed by atoms with E-state index in [9.17, 15) is 5.11 Å². The second-order valence-electron chi connectivity index (χ2n) is 5.01. The highest BCUT2D eigenvalue weighted by molar-refractivity contribution is 5.66. The molecule has 112 valence electrons. The van der Waals surface area contributed by atoms with Crippen LogP contribution in [0, 0.1) is 0 Å². The van der Waals surface area contributed by atoms with Crippen LogP contribution in [-0.2, 0) is 0 Å². The molecule has 3 aromatic heterocycles. The van der Waals surface area contributed by atoms with Gasteiger partial charge in [0.25, 0.3) is 0 Å². The summed E-state index contributed by atoms with van der Waals surface area (Å²) in [4.78, 5) is 8.39. The molecular weight excluding hydrogens is 290 g/mol. The molecule has 0 atom stereocenters. The van der Waals surface area contributed by atoms with E-state index in [1.165, 1.54) is 0 Å². The molecule has 3 heterocycles. The van der Waals surface area contributed by atoms with Crippen molar-refractivity contribution in [2.45, 2.75) is 0 Å². The van der Waals surface area contributed by atoms with Crippen molar-refractivity contribution < 1.29 is 5.11 Å². The van der Waals surface area contributed by atoms with Gasteiger partial charge in [0.1, 0.15) is 5.75 Å². The standard InChI is InChI=1S/C17H13N5O/c23-15-4-2-1-3-13(15)20-16-5-6-17-19-11-14(22(17)21-16)12-7-9-18-10-8-12/h1-11,23H,(H,20,21). The maximum atomic E-state index is 9.86. The van der Waals surface area contributed by atoms with Gasteiger partial charge in [-0.15, -0.1) is 5.10 Å². The number of fused-ring (bicyclic) bond motifs is 1. The third-order valence-corrected chi connectivity index (χ3v) is 3.51. The van der Waals surface area contributed by atoms with Gasteiger partial charge in [-0.1, -0.05) is 12.1 Å². The van der Waals surface area contributed by atoms with Crippen molar-refractivity contribution in [3.8, 4) is 17.0 Å². The number of hydrogen-bond acceptors (Lipinski definition) is 5. The van der Waals surface area contributed by atoms with Gasteiger partial charge in [-0.25, -0.2) is 9.50 Å². The number of hydrogen-bond donors (Lipinski definition) is 2. The Morgan fingerprint density at radius 2 is 1.78 bits per heavy atom. The molecule has 0 aliphatic rings. The fourth-order valence-electron chi connectivity index (χ4n) is 2.38. The van der Waals surface area contributed by atoms with Crippen LogP contribution >= 0.6 is 0 Å². The number of rotatable bonds is 3. The summed E-state index contributed by atoms with van der Waals surface area (Å²) in [5.41, 5.74) is 3.22. The van der Waals surface area contributed by atoms with Gasteiger partial charge in [-0.05, 0) is 36.4 Å². The van der Waals surface area contributed by atoms with Gasteiger partial charge in [0.05, 0.1) is 17.6 Å². The van der Waals surface area contributed by atoms with Crippen LogP contribution in [0.4, 0.5) is 11.5 Å². The van der Waals surface area contributed by atoms with Gasteiger partial charge >= 0.3 is 0 Å². The lowest BCUT2D eigenvalue weighted by atomic mass is 10.2. The third-order valence-electron chi connectivity index (χ3n) is 3.51. The Balaban J connectivity index is 1.77. The highest BCUT2D eigenvalue weighted by Gasteiger charge is 2.08. The van der Waals surface area contributed by atoms with E-state index < -0.39 is 0 Å². The number of pyridine rings is 1. The Morgan fingerprint density at radius 1 is 0.957 bits per heavy atom. The van der Waals surface area contributed by atoms with Gasteiger partial charge in [0.2, 0.25) is 0 Å². The lowest BCUT2D eigenvalue weighted by Gasteiger charge is -2.08. The topological polar surface area (TPSA) is 75.3 Å². The Morgan fingerprint density at radius 3 is 2.61 bits per heavy atom. The zero-order valence-electron chi connectivity index (χ0n) is 12.1. The molecule has 0 saturated carbocycles. The number of phenolic OH excluding ortho intramolecular Hbond substituents is 1. The van der Waals surface area contributed by atoms with E-state index in [0.717, 1.165) is 16.9 Å². The zero-order valence-corrected chi connectivity index (χ0v) is 12.1. The molecule has 6 nitrogen and oxygen atoms in total. The number of aromatic hydroxyl groups is 1. The molecule has 0 radical (unpaired) electrons.